The van der Waals surface area contributed by atoms with E-state index in [2.05, 4.69) is 12.2 Å². The molecule has 1 atom stereocenters. The van der Waals surface area contributed by atoms with Gasteiger partial charge in [0.2, 0.25) is 5.91 Å². The van der Waals surface area contributed by atoms with Gasteiger partial charge in [-0.3, -0.25) is 9.59 Å². The average molecular weight is 371 g/mol. The van der Waals surface area contributed by atoms with Gasteiger partial charge in [-0.1, -0.05) is 13.8 Å². The van der Waals surface area contributed by atoms with E-state index in [0.29, 0.717) is 18.7 Å². The van der Waals surface area contributed by atoms with Crippen molar-refractivity contribution in [2.45, 2.75) is 46.2 Å². The molecule has 1 aromatic carbocycles. The standard InChI is InChI=1S/C21H29N3O3/c1-6-15(3)24(21(26)19-9-8-12-27-19)14-16-13-17(22-20(25)7-2)10-11-18(16)23(4)5/h8-13,15H,6-7,14H2,1-5H3,(H,22,25)/t15-/m1/s1. The lowest BCUT2D eigenvalue weighted by molar-refractivity contribution is -0.115. The summed E-state index contributed by atoms with van der Waals surface area (Å²) in [5.74, 6) is 0.156. The van der Waals surface area contributed by atoms with Gasteiger partial charge in [-0.2, -0.15) is 0 Å². The number of hydrogen-bond donors (Lipinski definition) is 1. The van der Waals surface area contributed by atoms with Gasteiger partial charge in [0.15, 0.2) is 5.76 Å². The van der Waals surface area contributed by atoms with Crippen LogP contribution in [-0.2, 0) is 11.3 Å². The molecule has 6 nitrogen and oxygen atoms in total. The summed E-state index contributed by atoms with van der Waals surface area (Å²) in [6.07, 6.45) is 2.75. The Labute approximate surface area is 161 Å². The molecule has 2 rings (SSSR count). The second kappa shape index (κ2) is 9.26. The van der Waals surface area contributed by atoms with E-state index < -0.39 is 0 Å². The molecule has 0 aliphatic carbocycles. The maximum atomic E-state index is 12.9. The number of benzene rings is 1. The molecule has 1 heterocycles. The molecule has 0 spiro atoms. The molecule has 0 fully saturated rings. The zero-order chi connectivity index (χ0) is 20.0. The van der Waals surface area contributed by atoms with Gasteiger partial charge in [-0.05, 0) is 49.2 Å². The van der Waals surface area contributed by atoms with Crippen LogP contribution in [0.5, 0.6) is 0 Å². The molecular formula is C21H29N3O3. The van der Waals surface area contributed by atoms with E-state index in [-0.39, 0.29) is 17.9 Å². The van der Waals surface area contributed by atoms with Crippen molar-refractivity contribution >= 4 is 23.2 Å². The second-order valence-corrected chi connectivity index (χ2v) is 6.81. The van der Waals surface area contributed by atoms with Gasteiger partial charge >= 0.3 is 0 Å². The number of nitrogens with one attached hydrogen (secondary N) is 1. The van der Waals surface area contributed by atoms with Crippen LogP contribution in [0.4, 0.5) is 11.4 Å². The van der Waals surface area contributed by atoms with Crippen molar-refractivity contribution in [3.05, 3.63) is 47.9 Å². The smallest absolute Gasteiger partial charge is 0.290 e. The van der Waals surface area contributed by atoms with Crippen LogP contribution in [-0.4, -0.2) is 36.9 Å². The minimum atomic E-state index is -0.137. The van der Waals surface area contributed by atoms with Crippen molar-refractivity contribution in [3.8, 4) is 0 Å². The number of hydrogen-bond acceptors (Lipinski definition) is 4. The molecule has 0 bridgehead atoms. The topological polar surface area (TPSA) is 65.8 Å². The Kier molecular flexibility index (Phi) is 7.05. The lowest BCUT2D eigenvalue weighted by Gasteiger charge is -2.30. The van der Waals surface area contributed by atoms with Crippen molar-refractivity contribution < 1.29 is 14.0 Å². The molecule has 0 radical (unpaired) electrons. The maximum absolute atomic E-state index is 12.9. The van der Waals surface area contributed by atoms with Gasteiger partial charge < -0.3 is 19.5 Å². The summed E-state index contributed by atoms with van der Waals surface area (Å²) in [6, 6.07) is 9.23. The zero-order valence-corrected chi connectivity index (χ0v) is 16.8. The summed E-state index contributed by atoms with van der Waals surface area (Å²) in [7, 11) is 3.93. The first kappa shape index (κ1) is 20.6. The highest BCUT2D eigenvalue weighted by Gasteiger charge is 2.24. The zero-order valence-electron chi connectivity index (χ0n) is 16.8. The molecule has 0 aliphatic heterocycles. The molecule has 0 saturated heterocycles. The second-order valence-electron chi connectivity index (χ2n) is 6.81. The van der Waals surface area contributed by atoms with E-state index >= 15 is 0 Å². The van der Waals surface area contributed by atoms with Crippen molar-refractivity contribution in [2.24, 2.45) is 0 Å². The van der Waals surface area contributed by atoms with E-state index in [0.717, 1.165) is 23.4 Å². The van der Waals surface area contributed by atoms with Gasteiger partial charge in [0.1, 0.15) is 0 Å². The summed E-state index contributed by atoms with van der Waals surface area (Å²) >= 11 is 0. The van der Waals surface area contributed by atoms with Crippen molar-refractivity contribution in [1.82, 2.24) is 4.90 Å². The molecule has 2 aromatic rings. The van der Waals surface area contributed by atoms with Crippen LogP contribution in [0.25, 0.3) is 0 Å². The van der Waals surface area contributed by atoms with Crippen molar-refractivity contribution in [3.63, 3.8) is 0 Å². The number of amides is 2. The molecule has 0 saturated carbocycles. The molecule has 1 N–H and O–H groups in total. The number of carbonyl (C=O) groups is 2. The number of furan rings is 1. The fourth-order valence-electron chi connectivity index (χ4n) is 2.85. The summed E-state index contributed by atoms with van der Waals surface area (Å²) < 4.78 is 5.32. The SMILES string of the molecule is CCC(=O)Nc1ccc(N(C)C)c(CN(C(=O)c2ccco2)[C@H](C)CC)c1. The highest BCUT2D eigenvalue weighted by Crippen LogP contribution is 2.26. The fourth-order valence-corrected chi connectivity index (χ4v) is 2.85. The van der Waals surface area contributed by atoms with E-state index in [1.807, 2.05) is 55.9 Å². The van der Waals surface area contributed by atoms with E-state index in [1.54, 1.807) is 12.1 Å². The third-order valence-electron chi connectivity index (χ3n) is 4.62. The lowest BCUT2D eigenvalue weighted by Crippen LogP contribution is -2.38. The van der Waals surface area contributed by atoms with Crippen LogP contribution >= 0.6 is 0 Å². The third-order valence-corrected chi connectivity index (χ3v) is 4.62. The number of rotatable bonds is 8. The Hall–Kier alpha value is -2.76. The molecule has 2 amide bonds. The Bertz CT molecular complexity index is 769. The van der Waals surface area contributed by atoms with Crippen LogP contribution in [0.1, 0.15) is 49.7 Å². The lowest BCUT2D eigenvalue weighted by atomic mass is 10.1. The minimum Gasteiger partial charge on any atom is -0.459 e. The Morgan fingerprint density at radius 2 is 1.93 bits per heavy atom. The third kappa shape index (κ3) is 5.12. The van der Waals surface area contributed by atoms with Crippen molar-refractivity contribution in [1.29, 1.82) is 0 Å². The van der Waals surface area contributed by atoms with Crippen LogP contribution in [0.15, 0.2) is 41.0 Å². The molecular weight excluding hydrogens is 342 g/mol. The monoisotopic (exact) mass is 371 g/mol. The Morgan fingerprint density at radius 3 is 2.48 bits per heavy atom. The molecule has 6 heteroatoms. The summed E-state index contributed by atoms with van der Waals surface area (Å²) in [5, 5.41) is 2.89. The van der Waals surface area contributed by atoms with Crippen LogP contribution in [0, 0.1) is 0 Å². The summed E-state index contributed by atoms with van der Waals surface area (Å²) in [4.78, 5) is 28.5. The normalized spacial score (nSPS) is 11.7. The molecule has 0 aliphatic rings. The van der Waals surface area contributed by atoms with Gasteiger partial charge in [-0.15, -0.1) is 0 Å². The first-order valence-electron chi connectivity index (χ1n) is 9.31. The highest BCUT2D eigenvalue weighted by atomic mass is 16.3. The van der Waals surface area contributed by atoms with Crippen LogP contribution < -0.4 is 10.2 Å². The van der Waals surface area contributed by atoms with Crippen LogP contribution in [0.3, 0.4) is 0 Å². The predicted octanol–water partition coefficient (Wildman–Crippen LogP) is 4.14. The predicted molar refractivity (Wildman–Crippen MR) is 108 cm³/mol. The number of carbonyl (C=O) groups excluding carboxylic acids is 2. The quantitative estimate of drug-likeness (QED) is 0.757. The minimum absolute atomic E-state index is 0.0380. The molecule has 27 heavy (non-hydrogen) atoms. The van der Waals surface area contributed by atoms with Gasteiger partial charge in [0.25, 0.3) is 5.91 Å². The molecule has 1 aromatic heterocycles. The largest absolute Gasteiger partial charge is 0.459 e. The maximum Gasteiger partial charge on any atom is 0.290 e. The Balaban J connectivity index is 2.38. The van der Waals surface area contributed by atoms with E-state index in [9.17, 15) is 9.59 Å². The first-order valence-corrected chi connectivity index (χ1v) is 9.31. The highest BCUT2D eigenvalue weighted by molar-refractivity contribution is 5.92. The van der Waals surface area contributed by atoms with Gasteiger partial charge in [0, 0.05) is 44.5 Å². The van der Waals surface area contributed by atoms with E-state index in [1.165, 1.54) is 6.26 Å². The molecule has 146 valence electrons. The van der Waals surface area contributed by atoms with Gasteiger partial charge in [-0.25, -0.2) is 0 Å². The number of anilines is 2. The van der Waals surface area contributed by atoms with Gasteiger partial charge in [0.05, 0.1) is 6.26 Å². The first-order chi connectivity index (χ1) is 12.9. The summed E-state index contributed by atoms with van der Waals surface area (Å²) in [5.41, 5.74) is 2.70. The van der Waals surface area contributed by atoms with Crippen LogP contribution in [0.2, 0.25) is 0 Å². The average Bonchev–Trinajstić information content (AvgIpc) is 3.19. The van der Waals surface area contributed by atoms with E-state index in [4.69, 9.17) is 4.42 Å². The molecule has 0 unspecified atom stereocenters. The fraction of sp³-hybridized carbons (Fsp3) is 0.429. The summed E-state index contributed by atoms with van der Waals surface area (Å²) in [6.45, 7) is 6.33. The van der Waals surface area contributed by atoms with Crippen molar-refractivity contribution in [2.75, 3.05) is 24.3 Å². The Morgan fingerprint density at radius 1 is 1.19 bits per heavy atom. The number of nitrogens with zero attached hydrogens (tertiary/aromatic N) is 2.